The van der Waals surface area contributed by atoms with Crippen molar-refractivity contribution in [1.29, 1.82) is 0 Å². The number of hydrogen-bond acceptors (Lipinski definition) is 3. The Hall–Kier alpha value is -9.40. The molecule has 0 saturated heterocycles. The van der Waals surface area contributed by atoms with E-state index in [0.717, 1.165) is 88.1 Å². The quantitative estimate of drug-likeness (QED) is 0.152. The van der Waals surface area contributed by atoms with Crippen LogP contribution in [0.25, 0.3) is 123 Å². The fourth-order valence-corrected chi connectivity index (χ4v) is 10.8. The number of halogens is 3. The molecule has 0 aliphatic rings. The minimum atomic E-state index is -4.77. The molecule has 354 valence electrons. The van der Waals surface area contributed by atoms with E-state index in [1.165, 1.54) is 12.1 Å². The Morgan fingerprint density at radius 1 is 0.324 bits per heavy atom. The first kappa shape index (κ1) is 44.5. The van der Waals surface area contributed by atoms with Crippen LogP contribution in [-0.2, 0) is 6.18 Å². The highest BCUT2D eigenvalue weighted by Gasteiger charge is 2.37. The van der Waals surface area contributed by atoms with E-state index in [9.17, 15) is 0 Å². The van der Waals surface area contributed by atoms with E-state index in [1.54, 1.807) is 0 Å². The van der Waals surface area contributed by atoms with Gasteiger partial charge in [-0.2, -0.15) is 13.2 Å². The van der Waals surface area contributed by atoms with Crippen LogP contribution in [0.4, 0.5) is 13.2 Å². The number of nitrogens with zero attached hydrogens (tertiary/aromatic N) is 5. The molecule has 3 aromatic heterocycles. The van der Waals surface area contributed by atoms with Crippen molar-refractivity contribution in [2.75, 3.05) is 0 Å². The lowest BCUT2D eigenvalue weighted by Gasteiger charge is -2.23. The van der Waals surface area contributed by atoms with Gasteiger partial charge in [-0.1, -0.05) is 164 Å². The van der Waals surface area contributed by atoms with E-state index in [4.69, 9.17) is 15.0 Å². The van der Waals surface area contributed by atoms with Crippen molar-refractivity contribution in [1.82, 2.24) is 24.1 Å². The Balaban J connectivity index is 1.14. The van der Waals surface area contributed by atoms with Crippen LogP contribution < -0.4 is 0 Å². The van der Waals surface area contributed by atoms with Crippen molar-refractivity contribution in [3.8, 4) is 78.9 Å². The van der Waals surface area contributed by atoms with Gasteiger partial charge in [0.25, 0.3) is 0 Å². The first-order chi connectivity index (χ1) is 36.2. The number of aryl methyl sites for hydroxylation is 2. The van der Waals surface area contributed by atoms with E-state index in [0.29, 0.717) is 40.0 Å². The van der Waals surface area contributed by atoms with Crippen LogP contribution in [0, 0.1) is 13.8 Å². The van der Waals surface area contributed by atoms with Crippen LogP contribution >= 0.6 is 0 Å². The number of rotatable bonds is 8. The SMILES string of the molecule is Cc1ccccc1-c1ccc2c(c1)c1ccccc1n2-c1ccc(-c2nc(-c3ccccc3)nc(-c3ccccc3)n2)cc1-c1c(-n2c3ccccc3c3cc(-c4ccccc4C)ccc32)cccc1C(F)(F)F. The molecule has 0 unspecified atom stereocenters. The zero-order chi connectivity index (χ0) is 50.1. The maximum absolute atomic E-state index is 16.3. The van der Waals surface area contributed by atoms with Gasteiger partial charge in [0.1, 0.15) is 0 Å². The monoisotopic (exact) mass is 963 g/mol. The van der Waals surface area contributed by atoms with Gasteiger partial charge in [-0.25, -0.2) is 15.0 Å². The number of aromatic nitrogens is 5. The lowest BCUT2D eigenvalue weighted by Crippen LogP contribution is -2.11. The molecule has 0 spiro atoms. The lowest BCUT2D eigenvalue weighted by atomic mass is 9.93. The van der Waals surface area contributed by atoms with E-state index in [1.807, 2.05) is 162 Å². The third kappa shape index (κ3) is 7.53. The highest BCUT2D eigenvalue weighted by molar-refractivity contribution is 6.13. The number of para-hydroxylation sites is 2. The van der Waals surface area contributed by atoms with Gasteiger partial charge in [0.2, 0.25) is 0 Å². The number of benzene rings is 10. The van der Waals surface area contributed by atoms with E-state index < -0.39 is 11.7 Å². The molecule has 0 aliphatic heterocycles. The molecule has 10 aromatic carbocycles. The van der Waals surface area contributed by atoms with Gasteiger partial charge in [0.15, 0.2) is 17.5 Å². The van der Waals surface area contributed by atoms with Crippen LogP contribution in [0.2, 0.25) is 0 Å². The number of alkyl halides is 3. The average molecular weight is 964 g/mol. The molecule has 0 aliphatic carbocycles. The average Bonchev–Trinajstić information content (AvgIpc) is 3.95. The second kappa shape index (κ2) is 17.7. The number of fused-ring (bicyclic) bond motifs is 6. The molecule has 74 heavy (non-hydrogen) atoms. The topological polar surface area (TPSA) is 48.5 Å². The summed E-state index contributed by atoms with van der Waals surface area (Å²) in [5.74, 6) is 1.21. The summed E-state index contributed by atoms with van der Waals surface area (Å²) in [6, 6.07) is 74.8. The zero-order valence-electron chi connectivity index (χ0n) is 40.3. The first-order valence-corrected chi connectivity index (χ1v) is 24.6. The summed E-state index contributed by atoms with van der Waals surface area (Å²) >= 11 is 0. The Kier molecular flexibility index (Phi) is 10.7. The molecule has 0 amide bonds. The summed E-state index contributed by atoms with van der Waals surface area (Å²) in [6.07, 6.45) is -4.77. The maximum atomic E-state index is 16.3. The van der Waals surface area contributed by atoms with Crippen LogP contribution in [0.15, 0.2) is 231 Å². The summed E-state index contributed by atoms with van der Waals surface area (Å²) in [4.78, 5) is 15.1. The molecule has 0 atom stereocenters. The van der Waals surface area contributed by atoms with E-state index in [-0.39, 0.29) is 5.56 Å². The molecule has 0 bridgehead atoms. The van der Waals surface area contributed by atoms with Crippen molar-refractivity contribution >= 4 is 43.6 Å². The third-order valence-electron chi connectivity index (χ3n) is 14.3. The van der Waals surface area contributed by atoms with Gasteiger partial charge in [0.05, 0.1) is 39.0 Å². The smallest absolute Gasteiger partial charge is 0.309 e. The molecular weight excluding hydrogens is 920 g/mol. The summed E-state index contributed by atoms with van der Waals surface area (Å²) < 4.78 is 53.1. The van der Waals surface area contributed by atoms with Crippen LogP contribution in [-0.4, -0.2) is 24.1 Å². The Labute approximate surface area is 425 Å². The summed E-state index contributed by atoms with van der Waals surface area (Å²) in [7, 11) is 0. The minimum absolute atomic E-state index is 0.0190. The summed E-state index contributed by atoms with van der Waals surface area (Å²) in [6.45, 7) is 4.19. The van der Waals surface area contributed by atoms with Gasteiger partial charge < -0.3 is 9.13 Å². The second-order valence-corrected chi connectivity index (χ2v) is 18.8. The molecule has 0 radical (unpaired) electrons. The highest BCUT2D eigenvalue weighted by atomic mass is 19.4. The van der Waals surface area contributed by atoms with E-state index >= 15 is 13.2 Å². The summed E-state index contributed by atoms with van der Waals surface area (Å²) in [5, 5.41) is 3.80. The molecule has 13 rings (SSSR count). The lowest BCUT2D eigenvalue weighted by molar-refractivity contribution is -0.137. The maximum Gasteiger partial charge on any atom is 0.417 e. The zero-order valence-corrected chi connectivity index (χ0v) is 40.3. The predicted octanol–water partition coefficient (Wildman–Crippen LogP) is 17.7. The van der Waals surface area contributed by atoms with Crippen molar-refractivity contribution in [3.63, 3.8) is 0 Å². The molecule has 13 aromatic rings. The molecule has 8 heteroatoms. The molecule has 0 fully saturated rings. The van der Waals surface area contributed by atoms with Crippen molar-refractivity contribution in [3.05, 3.63) is 247 Å². The summed E-state index contributed by atoms with van der Waals surface area (Å²) in [5.41, 5.74) is 12.4. The number of hydrogen-bond donors (Lipinski definition) is 0. The Bertz CT molecular complexity index is 4270. The van der Waals surface area contributed by atoms with Crippen LogP contribution in [0.1, 0.15) is 16.7 Å². The first-order valence-electron chi connectivity index (χ1n) is 24.6. The van der Waals surface area contributed by atoms with Crippen molar-refractivity contribution in [2.24, 2.45) is 0 Å². The third-order valence-corrected chi connectivity index (χ3v) is 14.3. The normalized spacial score (nSPS) is 11.9. The van der Waals surface area contributed by atoms with Gasteiger partial charge in [0, 0.05) is 49.4 Å². The molecule has 0 N–H and O–H groups in total. The molecule has 0 saturated carbocycles. The van der Waals surface area contributed by atoms with Crippen molar-refractivity contribution in [2.45, 2.75) is 20.0 Å². The van der Waals surface area contributed by atoms with Gasteiger partial charge >= 0.3 is 6.18 Å². The minimum Gasteiger partial charge on any atom is -0.309 e. The second-order valence-electron chi connectivity index (χ2n) is 18.8. The fourth-order valence-electron chi connectivity index (χ4n) is 10.8. The highest BCUT2D eigenvalue weighted by Crippen LogP contribution is 2.48. The Morgan fingerprint density at radius 3 is 1.27 bits per heavy atom. The van der Waals surface area contributed by atoms with Gasteiger partial charge in [-0.3, -0.25) is 0 Å². The van der Waals surface area contributed by atoms with Crippen LogP contribution in [0.5, 0.6) is 0 Å². The molecule has 3 heterocycles. The molecule has 5 nitrogen and oxygen atoms in total. The van der Waals surface area contributed by atoms with Gasteiger partial charge in [-0.05, 0) is 114 Å². The fraction of sp³-hybridized carbons (Fsp3) is 0.0455. The van der Waals surface area contributed by atoms with E-state index in [2.05, 4.69) is 79.1 Å². The largest absolute Gasteiger partial charge is 0.417 e. The Morgan fingerprint density at radius 2 is 0.757 bits per heavy atom. The van der Waals surface area contributed by atoms with Gasteiger partial charge in [-0.15, -0.1) is 0 Å². The van der Waals surface area contributed by atoms with Crippen molar-refractivity contribution < 1.29 is 13.2 Å². The molecular formula is C66H44F3N5. The predicted molar refractivity (Wildman–Crippen MR) is 296 cm³/mol. The standard InChI is InChI=1S/C66H44F3N5/c1-41-18-9-11-24-48(41)45-32-35-58-52(38-45)50-26-13-15-29-56(50)73(58)60-37-34-47(65-71-63(43-20-5-3-6-21-43)70-64(72-65)44-22-7-4-8-23-44)40-54(60)62-55(66(67,68)69)28-17-31-61(62)74-57-30-16-14-27-51(57)53-39-46(33-36-59(53)74)49-25-12-10-19-42(49)2/h3-40H,1-2H3. The van der Waals surface area contributed by atoms with Crippen LogP contribution in [0.3, 0.4) is 0 Å².